The molecule has 0 saturated carbocycles. The van der Waals surface area contributed by atoms with Crippen LogP contribution in [0.2, 0.25) is 0 Å². The van der Waals surface area contributed by atoms with E-state index in [1.165, 1.54) is 0 Å². The Balaban J connectivity index is 2.17. The third-order valence-electron chi connectivity index (χ3n) is 4.15. The summed E-state index contributed by atoms with van der Waals surface area (Å²) in [5.74, 6) is -1.46. The SMILES string of the molecule is Cc1c(CC(O)C(=O)O)c2ccccc2n1C(=O)c1ccccc1. The maximum absolute atomic E-state index is 12.9. The fourth-order valence-electron chi connectivity index (χ4n) is 2.94. The van der Waals surface area contributed by atoms with Gasteiger partial charge in [0.2, 0.25) is 0 Å². The van der Waals surface area contributed by atoms with E-state index in [0.29, 0.717) is 22.3 Å². The number of fused-ring (bicyclic) bond motifs is 1. The summed E-state index contributed by atoms with van der Waals surface area (Å²) in [4.78, 5) is 23.9. The van der Waals surface area contributed by atoms with Crippen LogP contribution in [0.4, 0.5) is 0 Å². The van der Waals surface area contributed by atoms with Crippen LogP contribution in [0.25, 0.3) is 10.9 Å². The highest BCUT2D eigenvalue weighted by molar-refractivity contribution is 6.04. The number of carbonyl (C=O) groups is 2. The van der Waals surface area contributed by atoms with Gasteiger partial charge in [-0.25, -0.2) is 4.79 Å². The Morgan fingerprint density at radius 3 is 2.33 bits per heavy atom. The van der Waals surface area contributed by atoms with Crippen LogP contribution in [0, 0.1) is 6.92 Å². The number of carboxylic acids is 1. The van der Waals surface area contributed by atoms with Crippen LogP contribution in [0.1, 0.15) is 21.6 Å². The predicted octanol–water partition coefficient (Wildman–Crippen LogP) is 2.63. The first-order valence-electron chi connectivity index (χ1n) is 7.60. The minimum atomic E-state index is -1.50. The molecule has 0 aliphatic rings. The van der Waals surface area contributed by atoms with Crippen molar-refractivity contribution in [3.05, 3.63) is 71.4 Å². The van der Waals surface area contributed by atoms with Crippen molar-refractivity contribution in [1.82, 2.24) is 4.57 Å². The van der Waals surface area contributed by atoms with Crippen LogP contribution < -0.4 is 0 Å². The normalized spacial score (nSPS) is 12.2. The summed E-state index contributed by atoms with van der Waals surface area (Å²) >= 11 is 0. The molecular formula is C19H17NO4. The zero-order valence-electron chi connectivity index (χ0n) is 13.1. The van der Waals surface area contributed by atoms with E-state index in [9.17, 15) is 14.7 Å². The molecule has 5 nitrogen and oxygen atoms in total. The maximum atomic E-state index is 12.9. The van der Waals surface area contributed by atoms with Crippen LogP contribution >= 0.6 is 0 Å². The second-order valence-corrected chi connectivity index (χ2v) is 5.65. The Morgan fingerprint density at radius 2 is 1.67 bits per heavy atom. The Morgan fingerprint density at radius 1 is 1.04 bits per heavy atom. The number of aliphatic carboxylic acids is 1. The van der Waals surface area contributed by atoms with Crippen molar-refractivity contribution >= 4 is 22.8 Å². The van der Waals surface area contributed by atoms with Gasteiger partial charge < -0.3 is 10.2 Å². The molecule has 5 heteroatoms. The maximum Gasteiger partial charge on any atom is 0.332 e. The summed E-state index contributed by atoms with van der Waals surface area (Å²) in [6, 6.07) is 16.2. The molecule has 3 aromatic rings. The van der Waals surface area contributed by atoms with E-state index in [2.05, 4.69) is 0 Å². The fourth-order valence-corrected chi connectivity index (χ4v) is 2.94. The summed E-state index contributed by atoms with van der Waals surface area (Å²) in [5, 5.41) is 19.5. The van der Waals surface area contributed by atoms with E-state index in [4.69, 9.17) is 5.11 Å². The second kappa shape index (κ2) is 6.29. The van der Waals surface area contributed by atoms with Crippen molar-refractivity contribution in [2.75, 3.05) is 0 Å². The van der Waals surface area contributed by atoms with E-state index in [1.807, 2.05) is 30.3 Å². The van der Waals surface area contributed by atoms with Crippen molar-refractivity contribution in [3.8, 4) is 0 Å². The number of hydrogen-bond acceptors (Lipinski definition) is 3. The minimum Gasteiger partial charge on any atom is -0.479 e. The number of carbonyl (C=O) groups excluding carboxylic acids is 1. The van der Waals surface area contributed by atoms with Crippen molar-refractivity contribution < 1.29 is 19.8 Å². The lowest BCUT2D eigenvalue weighted by molar-refractivity contribution is -0.146. The summed E-state index contributed by atoms with van der Waals surface area (Å²) in [7, 11) is 0. The molecule has 1 unspecified atom stereocenters. The predicted molar refractivity (Wildman–Crippen MR) is 90.2 cm³/mol. The number of para-hydroxylation sites is 1. The highest BCUT2D eigenvalue weighted by Gasteiger charge is 2.23. The van der Waals surface area contributed by atoms with Gasteiger partial charge in [-0.15, -0.1) is 0 Å². The van der Waals surface area contributed by atoms with E-state index in [-0.39, 0.29) is 12.3 Å². The number of rotatable bonds is 4. The van der Waals surface area contributed by atoms with E-state index < -0.39 is 12.1 Å². The third-order valence-corrected chi connectivity index (χ3v) is 4.15. The van der Waals surface area contributed by atoms with Crippen LogP contribution in [0.15, 0.2) is 54.6 Å². The van der Waals surface area contributed by atoms with Gasteiger partial charge in [0.15, 0.2) is 6.10 Å². The van der Waals surface area contributed by atoms with Gasteiger partial charge in [0, 0.05) is 23.1 Å². The molecule has 0 aliphatic carbocycles. The number of benzene rings is 2. The van der Waals surface area contributed by atoms with Crippen molar-refractivity contribution in [1.29, 1.82) is 0 Å². The lowest BCUT2D eigenvalue weighted by Crippen LogP contribution is -2.22. The van der Waals surface area contributed by atoms with Crippen molar-refractivity contribution in [3.63, 3.8) is 0 Å². The third kappa shape index (κ3) is 2.70. The van der Waals surface area contributed by atoms with Crippen LogP contribution in [-0.2, 0) is 11.2 Å². The molecule has 0 aliphatic heterocycles. The molecule has 0 fully saturated rings. The molecule has 0 radical (unpaired) electrons. The lowest BCUT2D eigenvalue weighted by atomic mass is 10.0. The van der Waals surface area contributed by atoms with Gasteiger partial charge in [0.05, 0.1) is 5.52 Å². The highest BCUT2D eigenvalue weighted by atomic mass is 16.4. The lowest BCUT2D eigenvalue weighted by Gasteiger charge is -2.08. The van der Waals surface area contributed by atoms with Gasteiger partial charge >= 0.3 is 5.97 Å². The zero-order valence-corrected chi connectivity index (χ0v) is 13.1. The first kappa shape index (κ1) is 16.0. The first-order valence-corrected chi connectivity index (χ1v) is 7.60. The summed E-state index contributed by atoms with van der Waals surface area (Å²) in [6.45, 7) is 1.77. The minimum absolute atomic E-state index is 0.0449. The van der Waals surface area contributed by atoms with Crippen molar-refractivity contribution in [2.24, 2.45) is 0 Å². The number of aliphatic hydroxyl groups excluding tert-OH is 1. The molecular weight excluding hydrogens is 306 g/mol. The molecule has 2 N–H and O–H groups in total. The Bertz CT molecular complexity index is 912. The van der Waals surface area contributed by atoms with Gasteiger partial charge in [0.25, 0.3) is 5.91 Å². The Kier molecular flexibility index (Phi) is 4.18. The molecule has 0 spiro atoms. The van der Waals surface area contributed by atoms with Gasteiger partial charge in [-0.05, 0) is 30.7 Å². The van der Waals surface area contributed by atoms with Crippen LogP contribution in [0.5, 0.6) is 0 Å². The quantitative estimate of drug-likeness (QED) is 0.773. The second-order valence-electron chi connectivity index (χ2n) is 5.65. The number of aromatic nitrogens is 1. The fraction of sp³-hybridized carbons (Fsp3) is 0.158. The summed E-state index contributed by atoms with van der Waals surface area (Å²) in [5.41, 5.74) is 2.57. The molecule has 2 aromatic carbocycles. The number of nitrogens with zero attached hydrogens (tertiary/aromatic N) is 1. The van der Waals surface area contributed by atoms with Gasteiger partial charge in [-0.1, -0.05) is 36.4 Å². The molecule has 3 rings (SSSR count). The topological polar surface area (TPSA) is 79.5 Å². The van der Waals surface area contributed by atoms with Crippen LogP contribution in [0.3, 0.4) is 0 Å². The van der Waals surface area contributed by atoms with E-state index >= 15 is 0 Å². The average molecular weight is 323 g/mol. The van der Waals surface area contributed by atoms with Crippen LogP contribution in [-0.4, -0.2) is 32.8 Å². The Labute approximate surface area is 138 Å². The van der Waals surface area contributed by atoms with Crippen molar-refractivity contribution in [2.45, 2.75) is 19.4 Å². The number of hydrogen-bond donors (Lipinski definition) is 2. The molecule has 1 heterocycles. The molecule has 0 amide bonds. The highest BCUT2D eigenvalue weighted by Crippen LogP contribution is 2.28. The average Bonchev–Trinajstić information content (AvgIpc) is 2.87. The van der Waals surface area contributed by atoms with E-state index in [0.717, 1.165) is 5.39 Å². The number of aliphatic hydroxyl groups is 1. The molecule has 0 saturated heterocycles. The molecule has 24 heavy (non-hydrogen) atoms. The molecule has 1 atom stereocenters. The van der Waals surface area contributed by atoms with E-state index in [1.54, 1.807) is 35.8 Å². The van der Waals surface area contributed by atoms with Gasteiger partial charge in [-0.3, -0.25) is 9.36 Å². The Hall–Kier alpha value is -2.92. The van der Waals surface area contributed by atoms with Gasteiger partial charge in [-0.2, -0.15) is 0 Å². The zero-order chi connectivity index (χ0) is 17.3. The smallest absolute Gasteiger partial charge is 0.332 e. The monoisotopic (exact) mass is 323 g/mol. The molecule has 1 aromatic heterocycles. The number of carboxylic acid groups (broad SMARTS) is 1. The standard InChI is InChI=1S/C19H17NO4/c1-12-15(11-17(21)19(23)24)14-9-5-6-10-16(14)20(12)18(22)13-7-3-2-4-8-13/h2-10,17,21H,11H2,1H3,(H,23,24). The first-order chi connectivity index (χ1) is 11.5. The summed E-state index contributed by atoms with van der Waals surface area (Å²) in [6.07, 6.45) is -1.55. The largest absolute Gasteiger partial charge is 0.479 e. The molecule has 0 bridgehead atoms. The summed E-state index contributed by atoms with van der Waals surface area (Å²) < 4.78 is 1.58. The van der Waals surface area contributed by atoms with Gasteiger partial charge in [0.1, 0.15) is 0 Å². The molecule has 122 valence electrons.